The highest BCUT2D eigenvalue weighted by Gasteiger charge is 2.22. The lowest BCUT2D eigenvalue weighted by Crippen LogP contribution is -2.17. The third kappa shape index (κ3) is 3.43. The highest BCUT2D eigenvalue weighted by atomic mass is 16.3. The van der Waals surface area contributed by atoms with Crippen molar-refractivity contribution in [2.24, 2.45) is 5.92 Å². The molecule has 96 valence electrons. The Balaban J connectivity index is 2.18. The molecule has 2 rings (SSSR count). The summed E-state index contributed by atoms with van der Waals surface area (Å²) in [6, 6.07) is 22.0. The number of hydrogen-bond donors (Lipinski definition) is 1. The molecule has 0 bridgehead atoms. The molecule has 0 aliphatic rings. The monoisotopic (exact) mass is 251 g/mol. The van der Waals surface area contributed by atoms with Gasteiger partial charge in [0.2, 0.25) is 0 Å². The van der Waals surface area contributed by atoms with Crippen molar-refractivity contribution in [3.63, 3.8) is 0 Å². The minimum atomic E-state index is -0.213. The van der Waals surface area contributed by atoms with E-state index in [1.165, 1.54) is 0 Å². The number of rotatable bonds is 5. The molecule has 0 heterocycles. The third-order valence-corrected chi connectivity index (χ3v) is 3.37. The van der Waals surface area contributed by atoms with Crippen LogP contribution in [0.3, 0.4) is 0 Å². The average Bonchev–Trinajstić information content (AvgIpc) is 2.49. The standard InChI is InChI=1S/C17H17NO/c18-12-16(11-14-7-3-1-4-8-14)17(13-19)15-9-5-2-6-10-15/h1-10,16-17,19H,11,13H2/t16-,17+/m1/s1. The highest BCUT2D eigenvalue weighted by molar-refractivity contribution is 5.24. The molecule has 2 atom stereocenters. The van der Waals surface area contributed by atoms with Gasteiger partial charge in [0.25, 0.3) is 0 Å². The van der Waals surface area contributed by atoms with Crippen molar-refractivity contribution in [3.8, 4) is 6.07 Å². The van der Waals surface area contributed by atoms with Crippen molar-refractivity contribution in [1.29, 1.82) is 5.26 Å². The van der Waals surface area contributed by atoms with E-state index >= 15 is 0 Å². The van der Waals surface area contributed by atoms with Crippen LogP contribution in [0.15, 0.2) is 60.7 Å². The number of nitriles is 1. The van der Waals surface area contributed by atoms with E-state index in [0.29, 0.717) is 6.42 Å². The second-order valence-electron chi connectivity index (χ2n) is 4.63. The fraction of sp³-hybridized carbons (Fsp3) is 0.235. The lowest BCUT2D eigenvalue weighted by atomic mass is 9.83. The molecular formula is C17H17NO. The number of nitrogens with zero attached hydrogens (tertiary/aromatic N) is 1. The minimum absolute atomic E-state index is 0.00489. The summed E-state index contributed by atoms with van der Waals surface area (Å²) >= 11 is 0. The zero-order chi connectivity index (χ0) is 13.5. The molecule has 0 saturated heterocycles. The van der Waals surface area contributed by atoms with Crippen molar-refractivity contribution in [2.45, 2.75) is 12.3 Å². The Kier molecular flexibility index (Phi) is 4.72. The molecule has 0 aliphatic carbocycles. The molecule has 2 aromatic rings. The topological polar surface area (TPSA) is 44.0 Å². The summed E-state index contributed by atoms with van der Waals surface area (Å²) in [5, 5.41) is 19.0. The van der Waals surface area contributed by atoms with E-state index in [1.54, 1.807) is 0 Å². The molecule has 0 aromatic heterocycles. The van der Waals surface area contributed by atoms with E-state index in [9.17, 15) is 10.4 Å². The normalized spacial score (nSPS) is 13.5. The summed E-state index contributed by atoms with van der Waals surface area (Å²) in [5.41, 5.74) is 2.15. The molecule has 2 aromatic carbocycles. The van der Waals surface area contributed by atoms with Gasteiger partial charge in [-0.15, -0.1) is 0 Å². The molecule has 0 fully saturated rings. The molecule has 0 spiro atoms. The van der Waals surface area contributed by atoms with Crippen LogP contribution in [-0.4, -0.2) is 11.7 Å². The molecule has 2 heteroatoms. The molecule has 0 aliphatic heterocycles. The van der Waals surface area contributed by atoms with Crippen molar-refractivity contribution < 1.29 is 5.11 Å². The summed E-state index contributed by atoms with van der Waals surface area (Å²) in [5.74, 6) is -0.346. The maximum absolute atomic E-state index is 9.61. The van der Waals surface area contributed by atoms with E-state index < -0.39 is 0 Å². The molecular weight excluding hydrogens is 234 g/mol. The van der Waals surface area contributed by atoms with Crippen LogP contribution in [0.5, 0.6) is 0 Å². The van der Waals surface area contributed by atoms with Gasteiger partial charge >= 0.3 is 0 Å². The second kappa shape index (κ2) is 6.72. The van der Waals surface area contributed by atoms with Crippen LogP contribution in [0.4, 0.5) is 0 Å². The van der Waals surface area contributed by atoms with Crippen LogP contribution >= 0.6 is 0 Å². The van der Waals surface area contributed by atoms with Gasteiger partial charge in [-0.25, -0.2) is 0 Å². The lowest BCUT2D eigenvalue weighted by molar-refractivity contribution is 0.241. The van der Waals surface area contributed by atoms with Gasteiger partial charge in [0.05, 0.1) is 18.6 Å². The molecule has 0 amide bonds. The Morgan fingerprint density at radius 2 is 1.53 bits per heavy atom. The van der Waals surface area contributed by atoms with E-state index in [1.807, 2.05) is 60.7 Å². The summed E-state index contributed by atoms with van der Waals surface area (Å²) in [7, 11) is 0. The predicted octanol–water partition coefficient (Wildman–Crippen LogP) is 3.14. The predicted molar refractivity (Wildman–Crippen MR) is 75.5 cm³/mol. The summed E-state index contributed by atoms with van der Waals surface area (Å²) in [6.45, 7) is -0.00489. The fourth-order valence-electron chi connectivity index (χ4n) is 2.31. The summed E-state index contributed by atoms with van der Waals surface area (Å²) in [6.07, 6.45) is 0.664. The van der Waals surface area contributed by atoms with E-state index in [0.717, 1.165) is 11.1 Å². The van der Waals surface area contributed by atoms with Crippen LogP contribution in [0, 0.1) is 17.2 Å². The van der Waals surface area contributed by atoms with Crippen LogP contribution < -0.4 is 0 Å². The largest absolute Gasteiger partial charge is 0.396 e. The van der Waals surface area contributed by atoms with Gasteiger partial charge < -0.3 is 5.11 Å². The van der Waals surface area contributed by atoms with Crippen LogP contribution in [-0.2, 0) is 6.42 Å². The number of aliphatic hydroxyl groups is 1. The van der Waals surface area contributed by atoms with Gasteiger partial charge in [-0.2, -0.15) is 5.26 Å². The van der Waals surface area contributed by atoms with Gasteiger partial charge in [0, 0.05) is 5.92 Å². The van der Waals surface area contributed by atoms with Crippen LogP contribution in [0.1, 0.15) is 17.0 Å². The van der Waals surface area contributed by atoms with E-state index in [2.05, 4.69) is 6.07 Å². The maximum Gasteiger partial charge on any atom is 0.0666 e. The van der Waals surface area contributed by atoms with Gasteiger partial charge in [0.15, 0.2) is 0 Å². The van der Waals surface area contributed by atoms with Crippen LogP contribution in [0.25, 0.3) is 0 Å². The Morgan fingerprint density at radius 1 is 0.947 bits per heavy atom. The van der Waals surface area contributed by atoms with Gasteiger partial charge in [-0.1, -0.05) is 60.7 Å². The quantitative estimate of drug-likeness (QED) is 0.887. The minimum Gasteiger partial charge on any atom is -0.396 e. The van der Waals surface area contributed by atoms with Crippen molar-refractivity contribution in [1.82, 2.24) is 0 Å². The summed E-state index contributed by atoms with van der Waals surface area (Å²) < 4.78 is 0. The fourth-order valence-corrected chi connectivity index (χ4v) is 2.31. The Morgan fingerprint density at radius 3 is 2.05 bits per heavy atom. The first-order valence-corrected chi connectivity index (χ1v) is 6.44. The average molecular weight is 251 g/mol. The Bertz CT molecular complexity index is 530. The third-order valence-electron chi connectivity index (χ3n) is 3.37. The molecule has 0 unspecified atom stereocenters. The lowest BCUT2D eigenvalue weighted by Gasteiger charge is -2.20. The van der Waals surface area contributed by atoms with Gasteiger partial charge in [0.1, 0.15) is 0 Å². The van der Waals surface area contributed by atoms with Crippen molar-refractivity contribution in [2.75, 3.05) is 6.61 Å². The SMILES string of the molecule is N#C[C@@H](Cc1ccccc1)[C@@H](CO)c1ccccc1. The zero-order valence-corrected chi connectivity index (χ0v) is 10.7. The smallest absolute Gasteiger partial charge is 0.0666 e. The number of hydrogen-bond acceptors (Lipinski definition) is 2. The molecule has 0 radical (unpaired) electrons. The van der Waals surface area contributed by atoms with Crippen molar-refractivity contribution >= 4 is 0 Å². The van der Waals surface area contributed by atoms with E-state index in [-0.39, 0.29) is 18.4 Å². The Hall–Kier alpha value is -2.11. The first-order valence-electron chi connectivity index (χ1n) is 6.44. The Labute approximate surface area is 114 Å². The van der Waals surface area contributed by atoms with Gasteiger partial charge in [-0.3, -0.25) is 0 Å². The van der Waals surface area contributed by atoms with E-state index in [4.69, 9.17) is 0 Å². The molecule has 19 heavy (non-hydrogen) atoms. The molecule has 2 nitrogen and oxygen atoms in total. The maximum atomic E-state index is 9.61. The van der Waals surface area contributed by atoms with Gasteiger partial charge in [-0.05, 0) is 17.5 Å². The van der Waals surface area contributed by atoms with Crippen molar-refractivity contribution in [3.05, 3.63) is 71.8 Å². The molecule has 0 saturated carbocycles. The summed E-state index contributed by atoms with van der Waals surface area (Å²) in [4.78, 5) is 0. The number of aliphatic hydroxyl groups excluding tert-OH is 1. The molecule has 1 N–H and O–H groups in total. The first-order chi connectivity index (χ1) is 9.35. The van der Waals surface area contributed by atoms with Crippen LogP contribution in [0.2, 0.25) is 0 Å². The zero-order valence-electron chi connectivity index (χ0n) is 10.7. The highest BCUT2D eigenvalue weighted by Crippen LogP contribution is 2.26. The first kappa shape index (κ1) is 13.3. The number of benzene rings is 2. The second-order valence-corrected chi connectivity index (χ2v) is 4.63.